The highest BCUT2D eigenvalue weighted by Crippen LogP contribution is 2.32. The second-order valence-corrected chi connectivity index (χ2v) is 8.98. The van der Waals surface area contributed by atoms with Crippen LogP contribution in [0.2, 0.25) is 0 Å². The summed E-state index contributed by atoms with van der Waals surface area (Å²) in [5.41, 5.74) is 3.57. The van der Waals surface area contributed by atoms with Crippen LogP contribution in [0.1, 0.15) is 36.8 Å². The normalized spacial score (nSPS) is 17.1. The van der Waals surface area contributed by atoms with Crippen molar-refractivity contribution in [1.29, 1.82) is 0 Å². The summed E-state index contributed by atoms with van der Waals surface area (Å²) in [4.78, 5) is 25.9. The van der Waals surface area contributed by atoms with Gasteiger partial charge in [-0.1, -0.05) is 42.4 Å². The smallest absolute Gasteiger partial charge is 0.267 e. The van der Waals surface area contributed by atoms with Crippen molar-refractivity contribution < 1.29 is 4.79 Å². The molecule has 1 unspecified atom stereocenters. The van der Waals surface area contributed by atoms with Crippen LogP contribution in [0.5, 0.6) is 0 Å². The van der Waals surface area contributed by atoms with E-state index in [1.165, 1.54) is 11.8 Å². The van der Waals surface area contributed by atoms with E-state index in [2.05, 4.69) is 10.2 Å². The van der Waals surface area contributed by atoms with E-state index in [1.807, 2.05) is 60.7 Å². The topological polar surface area (TPSA) is 69.3 Å². The van der Waals surface area contributed by atoms with Crippen molar-refractivity contribution in [2.45, 2.75) is 49.9 Å². The Bertz CT molecular complexity index is 1350. The fourth-order valence-electron chi connectivity index (χ4n) is 4.15. The number of carbonyl (C=O) groups is 1. The van der Waals surface area contributed by atoms with Gasteiger partial charge >= 0.3 is 0 Å². The van der Waals surface area contributed by atoms with Crippen LogP contribution in [-0.2, 0) is 4.79 Å². The Labute approximate surface area is 177 Å². The summed E-state index contributed by atoms with van der Waals surface area (Å²) < 4.78 is 3.56. The molecule has 1 aliphatic carbocycles. The summed E-state index contributed by atoms with van der Waals surface area (Å²) in [6, 6.07) is 13.4. The Morgan fingerprint density at radius 2 is 1.83 bits per heavy atom. The minimum atomic E-state index is -0.121. The zero-order valence-electron chi connectivity index (χ0n) is 17.0. The predicted molar refractivity (Wildman–Crippen MR) is 119 cm³/mol. The molecule has 1 saturated carbocycles. The average molecular weight is 419 g/mol. The maximum absolute atomic E-state index is 13.5. The highest BCUT2D eigenvalue weighted by Gasteiger charge is 2.27. The van der Waals surface area contributed by atoms with Crippen LogP contribution in [0.25, 0.3) is 22.4 Å². The molecule has 1 aliphatic rings. The highest BCUT2D eigenvalue weighted by atomic mass is 32.2. The number of benzene rings is 2. The number of nitrogens with zero attached hydrogens (tertiary/aromatic N) is 4. The molecule has 4 aromatic rings. The number of para-hydroxylation sites is 1. The molecule has 0 N–H and O–H groups in total. The number of aromatic nitrogens is 4. The van der Waals surface area contributed by atoms with Crippen molar-refractivity contribution in [2.75, 3.05) is 0 Å². The molecule has 0 spiro atoms. The summed E-state index contributed by atoms with van der Waals surface area (Å²) in [6.45, 7) is 4.04. The highest BCUT2D eigenvalue weighted by molar-refractivity contribution is 8.00. The Balaban J connectivity index is 1.80. The maximum atomic E-state index is 13.5. The lowest BCUT2D eigenvalue weighted by atomic mass is 9.99. The van der Waals surface area contributed by atoms with Gasteiger partial charge in [0.05, 0.1) is 21.8 Å². The van der Waals surface area contributed by atoms with E-state index >= 15 is 0 Å². The first-order chi connectivity index (χ1) is 14.6. The van der Waals surface area contributed by atoms with Gasteiger partial charge in [-0.25, -0.2) is 4.57 Å². The lowest BCUT2D eigenvalue weighted by Gasteiger charge is -2.19. The molecule has 30 heavy (non-hydrogen) atoms. The fourth-order valence-corrected chi connectivity index (χ4v) is 5.31. The van der Waals surface area contributed by atoms with Crippen LogP contribution >= 0.6 is 11.8 Å². The van der Waals surface area contributed by atoms with Crippen molar-refractivity contribution in [3.63, 3.8) is 0 Å². The second-order valence-electron chi connectivity index (χ2n) is 7.81. The van der Waals surface area contributed by atoms with Crippen molar-refractivity contribution in [3.05, 3.63) is 63.9 Å². The molecule has 0 aliphatic heterocycles. The monoisotopic (exact) mass is 418 g/mol. The van der Waals surface area contributed by atoms with Crippen LogP contribution in [0.4, 0.5) is 0 Å². The second kappa shape index (κ2) is 7.40. The zero-order chi connectivity index (χ0) is 20.8. The number of hydrogen-bond donors (Lipinski definition) is 0. The fraction of sp³-hybridized carbons (Fsp3) is 0.304. The first-order valence-electron chi connectivity index (χ1n) is 10.2. The number of hydrogen-bond acceptors (Lipinski definition) is 5. The molecular weight excluding hydrogens is 396 g/mol. The lowest BCUT2D eigenvalue weighted by Crippen LogP contribution is -2.23. The van der Waals surface area contributed by atoms with Crippen molar-refractivity contribution >= 4 is 34.2 Å². The Kier molecular flexibility index (Phi) is 4.70. The zero-order valence-corrected chi connectivity index (χ0v) is 17.8. The van der Waals surface area contributed by atoms with Gasteiger partial charge in [0, 0.05) is 6.42 Å². The Morgan fingerprint density at radius 3 is 2.67 bits per heavy atom. The summed E-state index contributed by atoms with van der Waals surface area (Å²) in [7, 11) is 0. The standard InChI is InChI=1S/C23H22N4O2S/c1-14-8-7-11-17(15(14)2)26-21(29)16-9-3-4-10-18(16)27-22(26)24-25-23(27)30-20-13-6-5-12-19(20)28/h3-4,7-11,20H,5-6,12-13H2,1-2H3. The third-order valence-electron chi connectivity index (χ3n) is 5.96. The maximum Gasteiger partial charge on any atom is 0.267 e. The summed E-state index contributed by atoms with van der Waals surface area (Å²) >= 11 is 1.47. The van der Waals surface area contributed by atoms with Gasteiger partial charge in [0.25, 0.3) is 5.56 Å². The minimum Gasteiger partial charge on any atom is -0.298 e. The van der Waals surface area contributed by atoms with Crippen molar-refractivity contribution in [2.24, 2.45) is 0 Å². The van der Waals surface area contributed by atoms with Gasteiger partial charge in [-0.05, 0) is 56.0 Å². The summed E-state index contributed by atoms with van der Waals surface area (Å²) in [5, 5.41) is 9.98. The summed E-state index contributed by atoms with van der Waals surface area (Å²) in [6.07, 6.45) is 3.50. The largest absolute Gasteiger partial charge is 0.298 e. The van der Waals surface area contributed by atoms with E-state index in [-0.39, 0.29) is 16.6 Å². The number of fused-ring (bicyclic) bond motifs is 3. The molecule has 1 fully saturated rings. The van der Waals surface area contributed by atoms with Crippen LogP contribution < -0.4 is 5.56 Å². The first kappa shape index (κ1) is 19.1. The summed E-state index contributed by atoms with van der Waals surface area (Å²) in [5.74, 6) is 0.744. The quantitative estimate of drug-likeness (QED) is 0.497. The van der Waals surface area contributed by atoms with Crippen LogP contribution in [0, 0.1) is 13.8 Å². The van der Waals surface area contributed by atoms with Gasteiger partial charge < -0.3 is 0 Å². The number of carbonyl (C=O) groups excluding carboxylic acids is 1. The molecule has 0 amide bonds. The van der Waals surface area contributed by atoms with Gasteiger partial charge in [0.1, 0.15) is 5.78 Å². The third-order valence-corrected chi connectivity index (χ3v) is 7.22. The molecule has 2 heterocycles. The molecule has 7 heteroatoms. The van der Waals surface area contributed by atoms with E-state index in [1.54, 1.807) is 4.57 Å². The molecule has 1 atom stereocenters. The molecule has 6 nitrogen and oxygen atoms in total. The first-order valence-corrected chi connectivity index (χ1v) is 11.1. The molecule has 2 aromatic heterocycles. The lowest BCUT2D eigenvalue weighted by molar-refractivity contribution is -0.119. The van der Waals surface area contributed by atoms with Crippen LogP contribution in [-0.4, -0.2) is 30.2 Å². The van der Waals surface area contributed by atoms with E-state index in [4.69, 9.17) is 0 Å². The SMILES string of the molecule is Cc1cccc(-n2c(=O)c3ccccc3n3c(SC4CCCCC4=O)nnc23)c1C. The van der Waals surface area contributed by atoms with E-state index < -0.39 is 0 Å². The number of ketones is 1. The van der Waals surface area contributed by atoms with Gasteiger partial charge in [0.15, 0.2) is 5.16 Å². The number of aryl methyl sites for hydroxylation is 1. The average Bonchev–Trinajstić information content (AvgIpc) is 3.16. The van der Waals surface area contributed by atoms with Crippen LogP contribution in [0.3, 0.4) is 0 Å². The molecule has 152 valence electrons. The minimum absolute atomic E-state index is 0.106. The van der Waals surface area contributed by atoms with E-state index in [9.17, 15) is 9.59 Å². The van der Waals surface area contributed by atoms with Gasteiger partial charge in [0.2, 0.25) is 5.78 Å². The number of rotatable bonds is 3. The van der Waals surface area contributed by atoms with Crippen molar-refractivity contribution in [1.82, 2.24) is 19.2 Å². The van der Waals surface area contributed by atoms with Gasteiger partial charge in [-0.2, -0.15) is 0 Å². The Hall–Kier alpha value is -2.93. The molecular formula is C23H22N4O2S. The predicted octanol–water partition coefficient (Wildman–Crippen LogP) is 4.25. The van der Waals surface area contributed by atoms with E-state index in [0.29, 0.717) is 22.7 Å². The molecule has 0 saturated heterocycles. The molecule has 0 bridgehead atoms. The number of Topliss-reactive ketones (excluding diaryl/α,β-unsaturated/α-hetero) is 1. The number of thioether (sulfide) groups is 1. The van der Waals surface area contributed by atoms with Crippen molar-refractivity contribution in [3.8, 4) is 5.69 Å². The molecule has 2 aromatic carbocycles. The van der Waals surface area contributed by atoms with E-state index in [0.717, 1.165) is 41.6 Å². The third kappa shape index (κ3) is 2.96. The van der Waals surface area contributed by atoms with Crippen LogP contribution in [0.15, 0.2) is 52.4 Å². The molecule has 0 radical (unpaired) electrons. The van der Waals surface area contributed by atoms with Gasteiger partial charge in [-0.3, -0.25) is 14.0 Å². The molecule has 5 rings (SSSR count). The Morgan fingerprint density at radius 1 is 1.00 bits per heavy atom. The van der Waals surface area contributed by atoms with Gasteiger partial charge in [-0.15, -0.1) is 10.2 Å².